The van der Waals surface area contributed by atoms with Gasteiger partial charge < -0.3 is 40.1 Å². The summed E-state index contributed by atoms with van der Waals surface area (Å²) in [7, 11) is 6.63. The van der Waals surface area contributed by atoms with E-state index >= 15 is 0 Å². The van der Waals surface area contributed by atoms with Crippen molar-refractivity contribution in [2.75, 3.05) is 34.9 Å². The maximum Gasteiger partial charge on any atom is 0.329 e. The van der Waals surface area contributed by atoms with Crippen LogP contribution in [0.4, 0.5) is 0 Å². The zero-order chi connectivity index (χ0) is 43.3. The average molecular weight is 804 g/mol. The highest BCUT2D eigenvalue weighted by Crippen LogP contribution is 2.30. The number of nitrogens with one attached hydrogen (secondary N) is 2. The fourth-order valence-electron chi connectivity index (χ4n) is 8.20. The second-order valence-electron chi connectivity index (χ2n) is 16.6. The predicted octanol–water partition coefficient (Wildman–Crippen LogP) is 4.11. The summed E-state index contributed by atoms with van der Waals surface area (Å²) >= 11 is 0. The first-order valence-electron chi connectivity index (χ1n) is 20.7. The quantitative estimate of drug-likeness (QED) is 0.126. The number of aliphatic carboxylic acids is 1. The van der Waals surface area contributed by atoms with Crippen molar-refractivity contribution in [1.82, 2.24) is 25.3 Å². The Morgan fingerprint density at radius 1 is 0.860 bits per heavy atom. The van der Waals surface area contributed by atoms with Gasteiger partial charge in [0.05, 0.1) is 42.7 Å². The summed E-state index contributed by atoms with van der Waals surface area (Å²) in [6.45, 7) is 18.1. The summed E-state index contributed by atoms with van der Waals surface area (Å²) in [6, 6.07) is 4.58. The summed E-state index contributed by atoms with van der Waals surface area (Å²) < 4.78 is 11.9. The molecule has 1 aliphatic rings. The number of amides is 4. The zero-order valence-corrected chi connectivity index (χ0v) is 36.7. The third-order valence-electron chi connectivity index (χ3n) is 12.1. The van der Waals surface area contributed by atoms with Crippen molar-refractivity contribution in [3.05, 3.63) is 35.9 Å². The van der Waals surface area contributed by atoms with Gasteiger partial charge in [-0.2, -0.15) is 0 Å². The number of rotatable bonds is 23. The second kappa shape index (κ2) is 23.1. The first-order valence-corrected chi connectivity index (χ1v) is 20.7. The maximum atomic E-state index is 14.4. The van der Waals surface area contributed by atoms with E-state index in [1.807, 2.05) is 48.6 Å². The molecule has 0 bridgehead atoms. The number of likely N-dealkylation sites (N-methyl/N-ethyl adjacent to an activating group) is 2. The first-order chi connectivity index (χ1) is 26.8. The number of likely N-dealkylation sites (tertiary alicyclic amines) is 1. The number of hydrogen-bond acceptors (Lipinski definition) is 9. The van der Waals surface area contributed by atoms with Crippen LogP contribution in [0.5, 0.6) is 0 Å². The topological polar surface area (TPSA) is 178 Å². The van der Waals surface area contributed by atoms with Crippen LogP contribution in [0.15, 0.2) is 30.3 Å². The van der Waals surface area contributed by atoms with Gasteiger partial charge in [-0.25, -0.2) is 4.79 Å². The zero-order valence-electron chi connectivity index (χ0n) is 36.7. The molecule has 57 heavy (non-hydrogen) atoms. The van der Waals surface area contributed by atoms with Gasteiger partial charge in [0.1, 0.15) is 12.1 Å². The van der Waals surface area contributed by atoms with Crippen molar-refractivity contribution in [2.24, 2.45) is 23.7 Å². The lowest BCUT2D eigenvalue weighted by Gasteiger charge is -2.41. The summed E-state index contributed by atoms with van der Waals surface area (Å²) in [5, 5.41) is 26.3. The maximum absolute atomic E-state index is 14.4. The SMILES string of the molecule is CCC(C)N(C)[C@H](C(=O)N[C@H](C(=O)N(C)[C@@H]([C@@H](C)CC)[C@@H](CC(=O)N1CCC[C@H]1[C@H](OC)[C@@H](C)C(=O)NC(C(=O)O)[C@@H](O)c1ccccc1)OC)C(C)C)C(C)C. The van der Waals surface area contributed by atoms with E-state index < -0.39 is 66.3 Å². The largest absolute Gasteiger partial charge is 0.480 e. The van der Waals surface area contributed by atoms with Crippen molar-refractivity contribution >= 4 is 29.6 Å². The van der Waals surface area contributed by atoms with E-state index in [9.17, 15) is 34.2 Å². The minimum absolute atomic E-state index is 0.0140. The Morgan fingerprint density at radius 2 is 1.46 bits per heavy atom. The van der Waals surface area contributed by atoms with E-state index in [1.165, 1.54) is 14.2 Å². The molecule has 0 aromatic heterocycles. The highest BCUT2D eigenvalue weighted by atomic mass is 16.5. The van der Waals surface area contributed by atoms with Crippen LogP contribution in [0.1, 0.15) is 106 Å². The molecule has 0 radical (unpaired) electrons. The minimum Gasteiger partial charge on any atom is -0.480 e. The van der Waals surface area contributed by atoms with Crippen LogP contribution in [0, 0.1) is 23.7 Å². The molecule has 1 aliphatic heterocycles. The molecular formula is C43H73N5O9. The van der Waals surface area contributed by atoms with E-state index in [2.05, 4.69) is 29.4 Å². The summed E-state index contributed by atoms with van der Waals surface area (Å²) in [5.74, 6) is -3.86. The van der Waals surface area contributed by atoms with Crippen molar-refractivity contribution in [1.29, 1.82) is 0 Å². The molecule has 1 saturated heterocycles. The van der Waals surface area contributed by atoms with Gasteiger partial charge in [-0.1, -0.05) is 92.1 Å². The van der Waals surface area contributed by atoms with E-state index in [0.29, 0.717) is 31.4 Å². The van der Waals surface area contributed by atoms with Gasteiger partial charge in [-0.15, -0.1) is 0 Å². The molecule has 0 saturated carbocycles. The van der Waals surface area contributed by atoms with Crippen LogP contribution in [0.2, 0.25) is 0 Å². The van der Waals surface area contributed by atoms with Crippen LogP contribution >= 0.6 is 0 Å². The number of methoxy groups -OCH3 is 2. The number of carboxylic acid groups (broad SMARTS) is 1. The van der Waals surface area contributed by atoms with Crippen molar-refractivity contribution in [3.63, 3.8) is 0 Å². The Labute approximate surface area is 341 Å². The molecule has 1 aromatic rings. The van der Waals surface area contributed by atoms with Crippen LogP contribution in [0.25, 0.3) is 0 Å². The average Bonchev–Trinajstić information content (AvgIpc) is 3.67. The molecular weight excluding hydrogens is 730 g/mol. The Morgan fingerprint density at radius 3 is 1.95 bits per heavy atom. The predicted molar refractivity (Wildman–Crippen MR) is 220 cm³/mol. The van der Waals surface area contributed by atoms with E-state index in [0.717, 1.165) is 6.42 Å². The molecule has 14 nitrogen and oxygen atoms in total. The molecule has 324 valence electrons. The third kappa shape index (κ3) is 12.7. The van der Waals surface area contributed by atoms with Crippen LogP contribution in [-0.4, -0.2) is 138 Å². The number of aliphatic hydroxyl groups is 1. The molecule has 1 heterocycles. The first kappa shape index (κ1) is 49.6. The Balaban J connectivity index is 2.31. The number of nitrogens with zero attached hydrogens (tertiary/aromatic N) is 3. The Kier molecular flexibility index (Phi) is 20.1. The number of carbonyl (C=O) groups excluding carboxylic acids is 4. The number of aliphatic hydroxyl groups excluding tert-OH is 1. The monoisotopic (exact) mass is 804 g/mol. The van der Waals surface area contributed by atoms with E-state index in [4.69, 9.17) is 9.47 Å². The van der Waals surface area contributed by atoms with Gasteiger partial charge in [0.2, 0.25) is 23.6 Å². The summed E-state index contributed by atoms with van der Waals surface area (Å²) in [5.41, 5.74) is 0.346. The van der Waals surface area contributed by atoms with Gasteiger partial charge in [-0.05, 0) is 56.6 Å². The smallest absolute Gasteiger partial charge is 0.329 e. The molecule has 0 spiro atoms. The lowest BCUT2D eigenvalue weighted by atomic mass is 9.89. The summed E-state index contributed by atoms with van der Waals surface area (Å²) in [4.78, 5) is 73.6. The van der Waals surface area contributed by atoms with E-state index in [1.54, 1.807) is 54.1 Å². The summed E-state index contributed by atoms with van der Waals surface area (Å²) in [6.07, 6.45) is -0.203. The number of ether oxygens (including phenoxy) is 2. The molecule has 1 fully saturated rings. The second-order valence-corrected chi connectivity index (χ2v) is 16.6. The molecule has 4 amide bonds. The van der Waals surface area contributed by atoms with Crippen molar-refractivity contribution in [3.8, 4) is 0 Å². The fourth-order valence-corrected chi connectivity index (χ4v) is 8.20. The normalized spacial score (nSPS) is 19.9. The Bertz CT molecular complexity index is 1440. The number of carbonyl (C=O) groups is 5. The molecule has 2 unspecified atom stereocenters. The molecule has 0 aliphatic carbocycles. The molecule has 1 aromatic carbocycles. The van der Waals surface area contributed by atoms with Crippen LogP contribution < -0.4 is 10.6 Å². The highest BCUT2D eigenvalue weighted by Gasteiger charge is 2.44. The van der Waals surface area contributed by atoms with Crippen LogP contribution in [-0.2, 0) is 33.4 Å². The molecule has 2 rings (SSSR count). The van der Waals surface area contributed by atoms with Gasteiger partial charge in [0.15, 0.2) is 6.04 Å². The lowest BCUT2D eigenvalue weighted by Crippen LogP contribution is -2.60. The number of hydrogen-bond donors (Lipinski definition) is 4. The van der Waals surface area contributed by atoms with Crippen LogP contribution in [0.3, 0.4) is 0 Å². The lowest BCUT2D eigenvalue weighted by molar-refractivity contribution is -0.149. The molecule has 4 N–H and O–H groups in total. The Hall–Kier alpha value is -3.59. The van der Waals surface area contributed by atoms with Gasteiger partial charge in [0.25, 0.3) is 0 Å². The standard InChI is InChI=1S/C43H73N5O9/c1-14-27(7)37(47(11)42(53)34(25(3)4)44-41(52)36(26(5)6)46(10)28(8)15-2)32(56-12)24-33(49)48-23-19-22-31(48)39(57-13)29(9)40(51)45-35(43(54)55)38(50)30-20-17-16-18-21-30/h16-18,20-21,25-29,31-32,34-39,50H,14-15,19,22-24H2,1-13H3,(H,44,52)(H,45,51)(H,54,55)/t27-,28?,29+,31-,32+,34-,35?,36-,37-,38-,39+/m0/s1. The van der Waals surface area contributed by atoms with E-state index in [-0.39, 0.29) is 47.9 Å². The van der Waals surface area contributed by atoms with Crippen molar-refractivity contribution in [2.45, 2.75) is 149 Å². The molecule has 11 atom stereocenters. The third-order valence-corrected chi connectivity index (χ3v) is 12.1. The van der Waals surface area contributed by atoms with Gasteiger partial charge in [0, 0.05) is 33.9 Å². The minimum atomic E-state index is -1.60. The number of benzene rings is 1. The van der Waals surface area contributed by atoms with Crippen molar-refractivity contribution < 1.29 is 43.7 Å². The number of carboxylic acids is 1. The highest BCUT2D eigenvalue weighted by molar-refractivity contribution is 5.90. The fraction of sp³-hybridized carbons (Fsp3) is 0.744. The molecule has 14 heteroatoms. The van der Waals surface area contributed by atoms with Gasteiger partial charge >= 0.3 is 5.97 Å². The van der Waals surface area contributed by atoms with Gasteiger partial charge in [-0.3, -0.25) is 24.1 Å².